The van der Waals surface area contributed by atoms with Crippen LogP contribution >= 0.6 is 11.5 Å². The van der Waals surface area contributed by atoms with Gasteiger partial charge in [0.2, 0.25) is 5.13 Å². The summed E-state index contributed by atoms with van der Waals surface area (Å²) < 4.78 is 4.41. The molecule has 20 heavy (non-hydrogen) atoms. The Morgan fingerprint density at radius 2 is 2.10 bits per heavy atom. The molecule has 0 saturated carbocycles. The number of aromatic nitrogens is 2. The average molecular weight is 297 g/mol. The van der Waals surface area contributed by atoms with E-state index in [0.29, 0.717) is 13.0 Å². The SMILES string of the molecule is CC(C)C1(C(=O)O)CCN(c2nc(C(C)(C)C)ns2)C1. The minimum absolute atomic E-state index is 0.0730. The first-order chi connectivity index (χ1) is 9.17. The van der Waals surface area contributed by atoms with E-state index in [-0.39, 0.29) is 11.3 Å². The first kappa shape index (κ1) is 15.2. The van der Waals surface area contributed by atoms with Crippen molar-refractivity contribution in [3.05, 3.63) is 5.82 Å². The average Bonchev–Trinajstić information content (AvgIpc) is 2.95. The molecular formula is C14H23N3O2S. The molecule has 0 aliphatic carbocycles. The van der Waals surface area contributed by atoms with Gasteiger partial charge < -0.3 is 10.0 Å². The lowest BCUT2D eigenvalue weighted by Crippen LogP contribution is -2.39. The van der Waals surface area contributed by atoms with E-state index in [1.165, 1.54) is 11.5 Å². The summed E-state index contributed by atoms with van der Waals surface area (Å²) >= 11 is 1.37. The minimum atomic E-state index is -0.699. The maximum absolute atomic E-state index is 11.6. The molecule has 2 heterocycles. The van der Waals surface area contributed by atoms with Crippen LogP contribution in [0.15, 0.2) is 0 Å². The van der Waals surface area contributed by atoms with E-state index in [9.17, 15) is 9.90 Å². The molecule has 1 atom stereocenters. The number of hydrogen-bond acceptors (Lipinski definition) is 5. The van der Waals surface area contributed by atoms with Gasteiger partial charge in [0.1, 0.15) is 5.82 Å². The molecule has 5 nitrogen and oxygen atoms in total. The van der Waals surface area contributed by atoms with Gasteiger partial charge in [0.25, 0.3) is 0 Å². The van der Waals surface area contributed by atoms with E-state index in [4.69, 9.17) is 0 Å². The van der Waals surface area contributed by atoms with Crippen LogP contribution in [0.4, 0.5) is 5.13 Å². The molecule has 1 aliphatic heterocycles. The number of carboxylic acids is 1. The molecule has 1 fully saturated rings. The highest BCUT2D eigenvalue weighted by Gasteiger charge is 2.48. The van der Waals surface area contributed by atoms with Gasteiger partial charge in [-0.2, -0.15) is 4.37 Å². The number of rotatable bonds is 3. The number of carbonyl (C=O) groups is 1. The topological polar surface area (TPSA) is 66.3 Å². The summed E-state index contributed by atoms with van der Waals surface area (Å²) in [5, 5.41) is 10.4. The number of anilines is 1. The monoisotopic (exact) mass is 297 g/mol. The zero-order chi connectivity index (χ0) is 15.1. The van der Waals surface area contributed by atoms with Gasteiger partial charge in [-0.05, 0) is 12.3 Å². The van der Waals surface area contributed by atoms with E-state index in [1.807, 2.05) is 13.8 Å². The van der Waals surface area contributed by atoms with E-state index >= 15 is 0 Å². The third-order valence-electron chi connectivity index (χ3n) is 4.19. The van der Waals surface area contributed by atoms with Crippen molar-refractivity contribution in [1.29, 1.82) is 0 Å². The molecule has 1 aliphatic rings. The summed E-state index contributed by atoms with van der Waals surface area (Å²) in [4.78, 5) is 18.3. The zero-order valence-electron chi connectivity index (χ0n) is 12.8. The highest BCUT2D eigenvalue weighted by atomic mass is 32.1. The minimum Gasteiger partial charge on any atom is -0.481 e. The van der Waals surface area contributed by atoms with Crippen LogP contribution in [0.2, 0.25) is 0 Å². The van der Waals surface area contributed by atoms with Crippen molar-refractivity contribution in [3.8, 4) is 0 Å². The lowest BCUT2D eigenvalue weighted by atomic mass is 9.76. The summed E-state index contributed by atoms with van der Waals surface area (Å²) in [5.74, 6) is 0.241. The van der Waals surface area contributed by atoms with Crippen molar-refractivity contribution >= 4 is 22.6 Å². The van der Waals surface area contributed by atoms with E-state index in [1.54, 1.807) is 0 Å². The molecule has 0 spiro atoms. The summed E-state index contributed by atoms with van der Waals surface area (Å²) in [6.07, 6.45) is 0.671. The molecule has 6 heteroatoms. The van der Waals surface area contributed by atoms with Crippen LogP contribution in [-0.2, 0) is 10.2 Å². The van der Waals surface area contributed by atoms with Crippen LogP contribution in [-0.4, -0.2) is 33.5 Å². The van der Waals surface area contributed by atoms with Gasteiger partial charge in [0.15, 0.2) is 0 Å². The first-order valence-corrected chi connectivity index (χ1v) is 7.77. The normalized spacial score (nSPS) is 23.6. The summed E-state index contributed by atoms with van der Waals surface area (Å²) in [5.41, 5.74) is -0.732. The standard InChI is InChI=1S/C14H23N3O2S/c1-9(2)14(11(18)19)6-7-17(8-14)12-15-10(16-20-12)13(3,4)5/h9H,6-8H2,1-5H3,(H,18,19). The first-order valence-electron chi connectivity index (χ1n) is 6.99. The van der Waals surface area contributed by atoms with Crippen LogP contribution < -0.4 is 4.90 Å². The molecule has 0 bridgehead atoms. The van der Waals surface area contributed by atoms with Gasteiger partial charge in [0, 0.05) is 30.0 Å². The second kappa shape index (κ2) is 4.98. The summed E-state index contributed by atoms with van der Waals surface area (Å²) in [7, 11) is 0. The largest absolute Gasteiger partial charge is 0.481 e. The Kier molecular flexibility index (Phi) is 3.79. The Morgan fingerprint density at radius 1 is 1.45 bits per heavy atom. The molecular weight excluding hydrogens is 274 g/mol. The summed E-state index contributed by atoms with van der Waals surface area (Å²) in [6, 6.07) is 0. The van der Waals surface area contributed by atoms with Crippen molar-refractivity contribution in [3.63, 3.8) is 0 Å². The number of aliphatic carboxylic acids is 1. The second-order valence-corrected chi connectivity index (χ2v) is 7.67. The van der Waals surface area contributed by atoms with Gasteiger partial charge in [0.05, 0.1) is 5.41 Å². The Morgan fingerprint density at radius 3 is 2.50 bits per heavy atom. The molecule has 1 aromatic rings. The zero-order valence-corrected chi connectivity index (χ0v) is 13.6. The van der Waals surface area contributed by atoms with Crippen LogP contribution in [0.5, 0.6) is 0 Å². The summed E-state index contributed by atoms with van der Waals surface area (Å²) in [6.45, 7) is 11.5. The third-order valence-corrected chi connectivity index (χ3v) is 4.97. The molecule has 2 rings (SSSR count). The van der Waals surface area contributed by atoms with Crippen molar-refractivity contribution in [2.75, 3.05) is 18.0 Å². The molecule has 112 valence electrons. The van der Waals surface area contributed by atoms with Crippen LogP contribution in [0.3, 0.4) is 0 Å². The van der Waals surface area contributed by atoms with Gasteiger partial charge in [-0.3, -0.25) is 4.79 Å². The van der Waals surface area contributed by atoms with E-state index in [2.05, 4.69) is 35.0 Å². The van der Waals surface area contributed by atoms with Crippen molar-refractivity contribution in [1.82, 2.24) is 9.36 Å². The molecule has 1 N–H and O–H groups in total. The predicted octanol–water partition coefficient (Wildman–Crippen LogP) is 2.77. The smallest absolute Gasteiger partial charge is 0.311 e. The predicted molar refractivity (Wildman–Crippen MR) is 80.3 cm³/mol. The van der Waals surface area contributed by atoms with Crippen LogP contribution in [0.1, 0.15) is 46.9 Å². The Labute approximate surface area is 124 Å². The molecule has 0 radical (unpaired) electrons. The molecule has 0 aromatic carbocycles. The van der Waals surface area contributed by atoms with Crippen molar-refractivity contribution < 1.29 is 9.90 Å². The molecule has 1 saturated heterocycles. The maximum atomic E-state index is 11.6. The fourth-order valence-corrected chi connectivity index (χ4v) is 3.42. The fraction of sp³-hybridized carbons (Fsp3) is 0.786. The highest BCUT2D eigenvalue weighted by Crippen LogP contribution is 2.40. The maximum Gasteiger partial charge on any atom is 0.311 e. The van der Waals surface area contributed by atoms with E-state index in [0.717, 1.165) is 17.5 Å². The Bertz CT molecular complexity index is 507. The van der Waals surface area contributed by atoms with Crippen LogP contribution in [0, 0.1) is 11.3 Å². The molecule has 1 aromatic heterocycles. The van der Waals surface area contributed by atoms with Gasteiger partial charge in [-0.15, -0.1) is 0 Å². The molecule has 0 amide bonds. The van der Waals surface area contributed by atoms with Crippen molar-refractivity contribution in [2.24, 2.45) is 11.3 Å². The third kappa shape index (κ3) is 2.53. The Balaban J connectivity index is 2.21. The second-order valence-electron chi connectivity index (χ2n) is 6.94. The van der Waals surface area contributed by atoms with E-state index < -0.39 is 11.4 Å². The lowest BCUT2D eigenvalue weighted by molar-refractivity contribution is -0.150. The number of nitrogens with zero attached hydrogens (tertiary/aromatic N) is 3. The van der Waals surface area contributed by atoms with Gasteiger partial charge in [-0.25, -0.2) is 4.98 Å². The van der Waals surface area contributed by atoms with Crippen molar-refractivity contribution in [2.45, 2.75) is 46.5 Å². The lowest BCUT2D eigenvalue weighted by Gasteiger charge is -2.28. The Hall–Kier alpha value is -1.17. The molecule has 1 unspecified atom stereocenters. The van der Waals surface area contributed by atoms with Gasteiger partial charge in [-0.1, -0.05) is 34.6 Å². The number of carboxylic acid groups (broad SMARTS) is 1. The van der Waals surface area contributed by atoms with Crippen LogP contribution in [0.25, 0.3) is 0 Å². The highest BCUT2D eigenvalue weighted by molar-refractivity contribution is 7.09. The van der Waals surface area contributed by atoms with Gasteiger partial charge >= 0.3 is 5.97 Å². The quantitative estimate of drug-likeness (QED) is 0.929. The number of hydrogen-bond donors (Lipinski definition) is 1. The fourth-order valence-electron chi connectivity index (χ4n) is 2.54.